The summed E-state index contributed by atoms with van der Waals surface area (Å²) in [5.74, 6) is 0.802. The van der Waals surface area contributed by atoms with Crippen molar-refractivity contribution in [1.82, 2.24) is 4.98 Å². The molecule has 0 aliphatic carbocycles. The van der Waals surface area contributed by atoms with Gasteiger partial charge in [0, 0.05) is 5.69 Å². The standard InChI is InChI=1S/C12H12N2O5/c1-6-9-7(10(14(16)17)12(15)13-6)4-5-8(18-2)11(9)19-3/h4-5H,1-3H3,(H,13,15). The topological polar surface area (TPSA) is 94.5 Å². The fourth-order valence-electron chi connectivity index (χ4n) is 2.09. The van der Waals surface area contributed by atoms with Crippen LogP contribution < -0.4 is 15.0 Å². The Balaban J connectivity index is 3.03. The van der Waals surface area contributed by atoms with Crippen LogP contribution in [0.5, 0.6) is 11.5 Å². The number of ether oxygens (including phenoxy) is 2. The minimum Gasteiger partial charge on any atom is -0.493 e. The third-order valence-electron chi connectivity index (χ3n) is 2.87. The molecular weight excluding hydrogens is 252 g/mol. The van der Waals surface area contributed by atoms with Crippen LogP contribution in [0, 0.1) is 17.0 Å². The number of nitrogens with one attached hydrogen (secondary N) is 1. The Morgan fingerprint density at radius 3 is 2.47 bits per heavy atom. The van der Waals surface area contributed by atoms with Crippen LogP contribution in [-0.4, -0.2) is 24.1 Å². The zero-order valence-electron chi connectivity index (χ0n) is 10.6. The summed E-state index contributed by atoms with van der Waals surface area (Å²) in [5, 5.41) is 11.7. The molecule has 2 aromatic rings. The van der Waals surface area contributed by atoms with Gasteiger partial charge < -0.3 is 14.5 Å². The Morgan fingerprint density at radius 2 is 1.95 bits per heavy atom. The summed E-state index contributed by atoms with van der Waals surface area (Å²) >= 11 is 0. The molecule has 0 spiro atoms. The molecule has 19 heavy (non-hydrogen) atoms. The van der Waals surface area contributed by atoms with Crippen molar-refractivity contribution in [3.05, 3.63) is 38.3 Å². The van der Waals surface area contributed by atoms with Crippen molar-refractivity contribution in [2.24, 2.45) is 0 Å². The number of H-pyrrole nitrogens is 1. The van der Waals surface area contributed by atoms with Gasteiger partial charge in [0.25, 0.3) is 0 Å². The van der Waals surface area contributed by atoms with Gasteiger partial charge in [0.2, 0.25) is 0 Å². The second-order valence-corrected chi connectivity index (χ2v) is 3.91. The summed E-state index contributed by atoms with van der Waals surface area (Å²) < 4.78 is 10.4. The number of aromatic nitrogens is 1. The average Bonchev–Trinajstić information content (AvgIpc) is 2.36. The van der Waals surface area contributed by atoms with E-state index in [0.717, 1.165) is 0 Å². The van der Waals surface area contributed by atoms with Gasteiger partial charge in [0.05, 0.1) is 29.9 Å². The normalized spacial score (nSPS) is 10.5. The summed E-state index contributed by atoms with van der Waals surface area (Å²) in [6.07, 6.45) is 0. The SMILES string of the molecule is COc1ccc2c([N+](=O)[O-])c(=O)[nH]c(C)c2c1OC. The van der Waals surface area contributed by atoms with E-state index in [1.165, 1.54) is 26.4 Å². The van der Waals surface area contributed by atoms with Gasteiger partial charge in [0.15, 0.2) is 11.5 Å². The van der Waals surface area contributed by atoms with E-state index in [4.69, 9.17) is 9.47 Å². The van der Waals surface area contributed by atoms with Crippen LogP contribution in [0.1, 0.15) is 5.69 Å². The van der Waals surface area contributed by atoms with Crippen LogP contribution in [0.3, 0.4) is 0 Å². The van der Waals surface area contributed by atoms with Crippen LogP contribution in [0.15, 0.2) is 16.9 Å². The fourth-order valence-corrected chi connectivity index (χ4v) is 2.09. The summed E-state index contributed by atoms with van der Waals surface area (Å²) in [4.78, 5) is 24.4. The molecule has 1 N–H and O–H groups in total. The predicted octanol–water partition coefficient (Wildman–Crippen LogP) is 1.76. The van der Waals surface area contributed by atoms with E-state index in [9.17, 15) is 14.9 Å². The lowest BCUT2D eigenvalue weighted by atomic mass is 10.1. The fraction of sp³-hybridized carbons (Fsp3) is 0.250. The van der Waals surface area contributed by atoms with Crippen LogP contribution in [-0.2, 0) is 0 Å². The summed E-state index contributed by atoms with van der Waals surface area (Å²) in [6.45, 7) is 1.65. The van der Waals surface area contributed by atoms with Crippen LogP contribution in [0.4, 0.5) is 5.69 Å². The van der Waals surface area contributed by atoms with Crippen molar-refractivity contribution in [3.8, 4) is 11.5 Å². The summed E-state index contributed by atoms with van der Waals surface area (Å²) in [6, 6.07) is 3.02. The van der Waals surface area contributed by atoms with Crippen molar-refractivity contribution in [2.75, 3.05) is 14.2 Å². The van der Waals surface area contributed by atoms with E-state index in [2.05, 4.69) is 4.98 Å². The maximum atomic E-state index is 11.7. The highest BCUT2D eigenvalue weighted by Gasteiger charge is 2.23. The van der Waals surface area contributed by atoms with E-state index < -0.39 is 16.2 Å². The summed E-state index contributed by atoms with van der Waals surface area (Å²) in [7, 11) is 2.91. The lowest BCUT2D eigenvalue weighted by Crippen LogP contribution is -2.13. The third-order valence-corrected chi connectivity index (χ3v) is 2.87. The zero-order valence-corrected chi connectivity index (χ0v) is 10.6. The van der Waals surface area contributed by atoms with Gasteiger partial charge in [-0.3, -0.25) is 14.9 Å². The Kier molecular flexibility index (Phi) is 3.12. The number of hydrogen-bond acceptors (Lipinski definition) is 5. The largest absolute Gasteiger partial charge is 0.493 e. The minimum absolute atomic E-state index is 0.226. The van der Waals surface area contributed by atoms with Gasteiger partial charge in [-0.15, -0.1) is 0 Å². The molecule has 0 saturated heterocycles. The minimum atomic E-state index is -0.734. The van der Waals surface area contributed by atoms with E-state index in [1.807, 2.05) is 0 Å². The van der Waals surface area contributed by atoms with E-state index in [-0.39, 0.29) is 5.39 Å². The quantitative estimate of drug-likeness (QED) is 0.673. The van der Waals surface area contributed by atoms with Crippen molar-refractivity contribution in [1.29, 1.82) is 0 Å². The summed E-state index contributed by atoms with van der Waals surface area (Å²) in [5.41, 5.74) is -0.745. The number of hydrogen-bond donors (Lipinski definition) is 1. The van der Waals surface area contributed by atoms with Crippen molar-refractivity contribution in [2.45, 2.75) is 6.92 Å². The van der Waals surface area contributed by atoms with Gasteiger partial charge in [-0.25, -0.2) is 0 Å². The first-order chi connectivity index (χ1) is 9.01. The molecule has 1 heterocycles. The molecule has 0 atom stereocenters. The molecule has 100 valence electrons. The number of methoxy groups -OCH3 is 2. The Hall–Kier alpha value is -2.57. The van der Waals surface area contributed by atoms with Crippen molar-refractivity contribution < 1.29 is 14.4 Å². The molecule has 1 aromatic heterocycles. The Bertz CT molecular complexity index is 720. The second-order valence-electron chi connectivity index (χ2n) is 3.91. The predicted molar refractivity (Wildman–Crippen MR) is 69.1 cm³/mol. The highest BCUT2D eigenvalue weighted by molar-refractivity contribution is 5.98. The first-order valence-electron chi connectivity index (χ1n) is 5.43. The number of rotatable bonds is 3. The second kappa shape index (κ2) is 4.60. The Morgan fingerprint density at radius 1 is 1.26 bits per heavy atom. The molecule has 7 heteroatoms. The van der Waals surface area contributed by atoms with E-state index >= 15 is 0 Å². The van der Waals surface area contributed by atoms with Crippen LogP contribution in [0.2, 0.25) is 0 Å². The molecule has 0 amide bonds. The van der Waals surface area contributed by atoms with E-state index in [1.54, 1.807) is 6.92 Å². The molecule has 0 bridgehead atoms. The maximum absolute atomic E-state index is 11.7. The molecule has 0 aliphatic rings. The van der Waals surface area contributed by atoms with Crippen molar-refractivity contribution in [3.63, 3.8) is 0 Å². The van der Waals surface area contributed by atoms with Gasteiger partial charge >= 0.3 is 11.2 Å². The smallest absolute Gasteiger partial charge is 0.341 e. The number of nitro groups is 1. The molecule has 7 nitrogen and oxygen atoms in total. The van der Waals surface area contributed by atoms with Gasteiger partial charge in [-0.1, -0.05) is 0 Å². The lowest BCUT2D eigenvalue weighted by molar-refractivity contribution is -0.384. The van der Waals surface area contributed by atoms with Crippen molar-refractivity contribution >= 4 is 16.5 Å². The third kappa shape index (κ3) is 1.88. The number of benzene rings is 1. The molecule has 2 rings (SSSR count). The number of aryl methyl sites for hydroxylation is 1. The Labute approximate surface area is 107 Å². The lowest BCUT2D eigenvalue weighted by Gasteiger charge is -2.12. The first kappa shape index (κ1) is 12.9. The zero-order chi connectivity index (χ0) is 14.2. The molecular formula is C12H12N2O5. The number of nitrogens with zero attached hydrogens (tertiary/aromatic N) is 1. The number of fused-ring (bicyclic) bond motifs is 1. The number of pyridine rings is 1. The van der Waals surface area contributed by atoms with E-state index in [0.29, 0.717) is 22.6 Å². The van der Waals surface area contributed by atoms with Gasteiger partial charge in [-0.05, 0) is 19.1 Å². The average molecular weight is 264 g/mol. The molecule has 0 saturated carbocycles. The maximum Gasteiger partial charge on any atom is 0.341 e. The molecule has 0 radical (unpaired) electrons. The highest BCUT2D eigenvalue weighted by atomic mass is 16.6. The molecule has 1 aromatic carbocycles. The molecule has 0 fully saturated rings. The first-order valence-corrected chi connectivity index (χ1v) is 5.43. The number of aromatic amines is 1. The molecule has 0 aliphatic heterocycles. The monoisotopic (exact) mass is 264 g/mol. The van der Waals surface area contributed by atoms with Crippen LogP contribution >= 0.6 is 0 Å². The van der Waals surface area contributed by atoms with Gasteiger partial charge in [-0.2, -0.15) is 0 Å². The van der Waals surface area contributed by atoms with Crippen LogP contribution in [0.25, 0.3) is 10.8 Å². The molecule has 0 unspecified atom stereocenters. The highest BCUT2D eigenvalue weighted by Crippen LogP contribution is 2.38. The van der Waals surface area contributed by atoms with Gasteiger partial charge in [0.1, 0.15) is 0 Å².